The number of hydrogen-bond donors (Lipinski definition) is 1. The number of para-hydroxylation sites is 2. The second kappa shape index (κ2) is 6.35. The van der Waals surface area contributed by atoms with Gasteiger partial charge in [-0.15, -0.1) is 0 Å². The van der Waals surface area contributed by atoms with E-state index in [-0.39, 0.29) is 0 Å². The molecule has 0 fully saturated rings. The summed E-state index contributed by atoms with van der Waals surface area (Å²) in [5.41, 5.74) is 4.97. The van der Waals surface area contributed by atoms with Gasteiger partial charge in [0.25, 0.3) is 0 Å². The number of imidazole rings is 1. The molecule has 0 bridgehead atoms. The van der Waals surface area contributed by atoms with Crippen LogP contribution in [0.4, 0.5) is 11.4 Å². The smallest absolute Gasteiger partial charge is 0.142 e. The van der Waals surface area contributed by atoms with Crippen LogP contribution >= 0.6 is 0 Å². The molecule has 5 heteroatoms. The molecular formula is C19H22N4O. The molecule has 5 nitrogen and oxygen atoms in total. The van der Waals surface area contributed by atoms with Crippen LogP contribution < -0.4 is 10.1 Å². The monoisotopic (exact) mass is 322 g/mol. The molecule has 124 valence electrons. The third-order valence-corrected chi connectivity index (χ3v) is 4.14. The minimum absolute atomic E-state index is 0.790. The van der Waals surface area contributed by atoms with Crippen molar-refractivity contribution in [3.8, 4) is 5.75 Å². The first-order valence-electron chi connectivity index (χ1n) is 7.89. The maximum absolute atomic E-state index is 5.38. The Morgan fingerprint density at radius 3 is 2.67 bits per heavy atom. The lowest BCUT2D eigenvalue weighted by atomic mass is 10.1. The van der Waals surface area contributed by atoms with Gasteiger partial charge in [-0.1, -0.05) is 18.2 Å². The van der Waals surface area contributed by atoms with E-state index < -0.39 is 0 Å². The van der Waals surface area contributed by atoms with E-state index in [0.29, 0.717) is 0 Å². The highest BCUT2D eigenvalue weighted by Gasteiger charge is 2.12. The summed E-state index contributed by atoms with van der Waals surface area (Å²) >= 11 is 0. The molecule has 1 heterocycles. The molecule has 1 N–H and O–H groups in total. The number of aromatic nitrogens is 2. The third-order valence-electron chi connectivity index (χ3n) is 4.14. The van der Waals surface area contributed by atoms with Crippen LogP contribution in [0.3, 0.4) is 0 Å². The number of fused-ring (bicyclic) bond motifs is 1. The lowest BCUT2D eigenvalue weighted by molar-refractivity contribution is 0.417. The number of benzene rings is 2. The van der Waals surface area contributed by atoms with Crippen LogP contribution in [0.2, 0.25) is 0 Å². The minimum atomic E-state index is 0.790. The number of amidine groups is 1. The molecule has 1 aromatic heterocycles. The van der Waals surface area contributed by atoms with Crippen LogP contribution in [0.5, 0.6) is 5.75 Å². The summed E-state index contributed by atoms with van der Waals surface area (Å²) < 4.78 is 7.46. The molecule has 0 radical (unpaired) electrons. The van der Waals surface area contributed by atoms with E-state index in [1.54, 1.807) is 7.11 Å². The largest absolute Gasteiger partial charge is 0.495 e. The molecular weight excluding hydrogens is 300 g/mol. The van der Waals surface area contributed by atoms with E-state index in [1.165, 1.54) is 0 Å². The van der Waals surface area contributed by atoms with Crippen LogP contribution in [0.25, 0.3) is 11.0 Å². The van der Waals surface area contributed by atoms with Crippen molar-refractivity contribution >= 4 is 28.2 Å². The Labute approximate surface area is 142 Å². The van der Waals surface area contributed by atoms with Crippen LogP contribution in [0.15, 0.2) is 41.4 Å². The summed E-state index contributed by atoms with van der Waals surface area (Å²) in [6.45, 7) is 6.02. The summed E-state index contributed by atoms with van der Waals surface area (Å²) in [6, 6.07) is 11.9. The number of nitrogens with one attached hydrogen (secondary N) is 1. The molecule has 0 amide bonds. The summed E-state index contributed by atoms with van der Waals surface area (Å²) in [5, 5.41) is 3.32. The number of anilines is 1. The highest BCUT2D eigenvalue weighted by molar-refractivity contribution is 6.00. The number of nitrogens with zero attached hydrogens (tertiary/aromatic N) is 3. The van der Waals surface area contributed by atoms with E-state index in [9.17, 15) is 0 Å². The van der Waals surface area contributed by atoms with Gasteiger partial charge in [0.2, 0.25) is 0 Å². The first-order chi connectivity index (χ1) is 11.5. The van der Waals surface area contributed by atoms with Crippen molar-refractivity contribution in [3.05, 3.63) is 47.8 Å². The molecule has 0 aliphatic carbocycles. The van der Waals surface area contributed by atoms with Crippen molar-refractivity contribution < 1.29 is 4.74 Å². The van der Waals surface area contributed by atoms with Crippen molar-refractivity contribution in [3.63, 3.8) is 0 Å². The van der Waals surface area contributed by atoms with Gasteiger partial charge in [-0.25, -0.2) is 9.98 Å². The Morgan fingerprint density at radius 2 is 1.92 bits per heavy atom. The zero-order chi connectivity index (χ0) is 17.3. The molecule has 0 unspecified atom stereocenters. The number of methoxy groups -OCH3 is 1. The molecule has 3 rings (SSSR count). The minimum Gasteiger partial charge on any atom is -0.495 e. The number of ether oxygens (including phenoxy) is 1. The lowest BCUT2D eigenvalue weighted by Gasteiger charge is -2.11. The summed E-state index contributed by atoms with van der Waals surface area (Å²) in [7, 11) is 3.68. The predicted octanol–water partition coefficient (Wildman–Crippen LogP) is 4.36. The zero-order valence-corrected chi connectivity index (χ0v) is 14.7. The highest BCUT2D eigenvalue weighted by Crippen LogP contribution is 2.31. The van der Waals surface area contributed by atoms with Gasteiger partial charge in [0, 0.05) is 7.05 Å². The Balaban J connectivity index is 2.04. The Hall–Kier alpha value is -2.82. The van der Waals surface area contributed by atoms with Gasteiger partial charge in [-0.05, 0) is 44.5 Å². The van der Waals surface area contributed by atoms with Crippen molar-refractivity contribution in [2.24, 2.45) is 12.0 Å². The molecule has 0 saturated heterocycles. The van der Waals surface area contributed by atoms with Crippen LogP contribution in [0.1, 0.15) is 18.3 Å². The summed E-state index contributed by atoms with van der Waals surface area (Å²) in [4.78, 5) is 9.41. The quantitative estimate of drug-likeness (QED) is 0.576. The predicted molar refractivity (Wildman–Crippen MR) is 99.6 cm³/mol. The van der Waals surface area contributed by atoms with Crippen LogP contribution in [-0.2, 0) is 7.05 Å². The van der Waals surface area contributed by atoms with Gasteiger partial charge in [0.15, 0.2) is 0 Å². The van der Waals surface area contributed by atoms with Crippen molar-refractivity contribution in [2.75, 3.05) is 12.4 Å². The van der Waals surface area contributed by atoms with E-state index >= 15 is 0 Å². The van der Waals surface area contributed by atoms with Gasteiger partial charge < -0.3 is 14.6 Å². The number of aliphatic imine (C=N–C) groups is 1. The van der Waals surface area contributed by atoms with Crippen molar-refractivity contribution in [2.45, 2.75) is 20.8 Å². The number of rotatable bonds is 3. The average molecular weight is 322 g/mol. The number of aryl methyl sites for hydroxylation is 3. The first kappa shape index (κ1) is 16.1. The van der Waals surface area contributed by atoms with E-state index in [2.05, 4.69) is 27.9 Å². The molecule has 2 aromatic carbocycles. The molecule has 0 spiro atoms. The van der Waals surface area contributed by atoms with E-state index in [1.807, 2.05) is 51.2 Å². The molecule has 0 aliphatic rings. The van der Waals surface area contributed by atoms with Crippen LogP contribution in [-0.4, -0.2) is 22.5 Å². The van der Waals surface area contributed by atoms with E-state index in [0.717, 1.165) is 45.4 Å². The fraction of sp³-hybridized carbons (Fsp3) is 0.263. The fourth-order valence-electron chi connectivity index (χ4n) is 2.78. The summed E-state index contributed by atoms with van der Waals surface area (Å²) in [5.74, 6) is 2.56. The van der Waals surface area contributed by atoms with Crippen molar-refractivity contribution in [1.29, 1.82) is 0 Å². The van der Waals surface area contributed by atoms with Gasteiger partial charge in [0.1, 0.15) is 17.4 Å². The van der Waals surface area contributed by atoms with Gasteiger partial charge in [0.05, 0.1) is 29.5 Å². The molecule has 0 atom stereocenters. The summed E-state index contributed by atoms with van der Waals surface area (Å²) in [6.07, 6.45) is 0. The second-order valence-electron chi connectivity index (χ2n) is 5.84. The van der Waals surface area contributed by atoms with Gasteiger partial charge in [-0.2, -0.15) is 0 Å². The van der Waals surface area contributed by atoms with Gasteiger partial charge >= 0.3 is 0 Å². The first-order valence-corrected chi connectivity index (χ1v) is 7.89. The topological polar surface area (TPSA) is 51.4 Å². The third kappa shape index (κ3) is 2.85. The Morgan fingerprint density at radius 1 is 1.17 bits per heavy atom. The number of hydrogen-bond acceptors (Lipinski definition) is 3. The standard InChI is InChI=1S/C19H22N4O/c1-12-10-11-16-19(23(4)14(3)22-16)18(12)21-13(2)20-15-8-6-7-9-17(15)24-5/h6-11H,1-5H3,(H,20,21). The molecule has 3 aromatic rings. The SMILES string of the molecule is COc1ccccc1NC(C)=Nc1c(C)ccc2nc(C)n(C)c12. The van der Waals surface area contributed by atoms with Crippen molar-refractivity contribution in [1.82, 2.24) is 9.55 Å². The normalized spacial score (nSPS) is 11.8. The maximum atomic E-state index is 5.38. The lowest BCUT2D eigenvalue weighted by Crippen LogP contribution is -2.08. The fourth-order valence-corrected chi connectivity index (χ4v) is 2.78. The molecule has 24 heavy (non-hydrogen) atoms. The Bertz CT molecular complexity index is 925. The molecule has 0 aliphatic heterocycles. The van der Waals surface area contributed by atoms with E-state index in [4.69, 9.17) is 9.73 Å². The Kier molecular flexibility index (Phi) is 4.25. The molecule has 0 saturated carbocycles. The zero-order valence-electron chi connectivity index (χ0n) is 14.7. The average Bonchev–Trinajstić information content (AvgIpc) is 2.86. The van der Waals surface area contributed by atoms with Gasteiger partial charge in [-0.3, -0.25) is 0 Å². The maximum Gasteiger partial charge on any atom is 0.142 e. The second-order valence-corrected chi connectivity index (χ2v) is 5.84. The highest BCUT2D eigenvalue weighted by atomic mass is 16.5. The van der Waals surface area contributed by atoms with Crippen LogP contribution in [0, 0.1) is 13.8 Å².